The Bertz CT molecular complexity index is 443. The largest absolute Gasteiger partial charge is 0.309 e. The lowest BCUT2D eigenvalue weighted by atomic mass is 9.97. The first-order chi connectivity index (χ1) is 8.45. The molecule has 1 amide bonds. The highest BCUT2D eigenvalue weighted by molar-refractivity contribution is 7.05. The second-order valence-electron chi connectivity index (χ2n) is 5.33. The van der Waals surface area contributed by atoms with Gasteiger partial charge in [0.15, 0.2) is 0 Å². The third kappa shape index (κ3) is 2.40. The molecule has 1 aromatic rings. The Morgan fingerprint density at radius 1 is 1.50 bits per heavy atom. The number of carbonyl (C=O) groups is 1. The van der Waals surface area contributed by atoms with Gasteiger partial charge in [-0.1, -0.05) is 0 Å². The lowest BCUT2D eigenvalue weighted by Crippen LogP contribution is -2.53. The van der Waals surface area contributed by atoms with E-state index in [0.29, 0.717) is 5.95 Å². The van der Waals surface area contributed by atoms with Crippen LogP contribution in [0.1, 0.15) is 38.1 Å². The first-order valence-corrected chi connectivity index (χ1v) is 7.05. The molecule has 1 N–H and O–H groups in total. The molecule has 100 valence electrons. The van der Waals surface area contributed by atoms with Gasteiger partial charge in [0, 0.05) is 5.54 Å². The van der Waals surface area contributed by atoms with Crippen molar-refractivity contribution in [1.82, 2.24) is 14.7 Å². The maximum atomic E-state index is 12.6. The zero-order valence-electron chi connectivity index (χ0n) is 11.4. The van der Waals surface area contributed by atoms with Crippen molar-refractivity contribution in [3.05, 3.63) is 5.01 Å². The number of likely N-dealkylation sites (N-methyl/N-ethyl adjacent to an activating group) is 1. The van der Waals surface area contributed by atoms with Crippen LogP contribution in [0.5, 0.6) is 0 Å². The van der Waals surface area contributed by atoms with Crippen molar-refractivity contribution < 1.29 is 4.79 Å². The summed E-state index contributed by atoms with van der Waals surface area (Å²) < 4.78 is 4.30. The first kappa shape index (κ1) is 13.4. The van der Waals surface area contributed by atoms with Gasteiger partial charge in [-0.05, 0) is 58.6 Å². The Morgan fingerprint density at radius 2 is 2.22 bits per heavy atom. The third-order valence-corrected chi connectivity index (χ3v) is 4.08. The van der Waals surface area contributed by atoms with Gasteiger partial charge in [0.1, 0.15) is 5.01 Å². The fraction of sp³-hybridized carbons (Fsp3) is 0.750. The highest BCUT2D eigenvalue weighted by atomic mass is 32.1. The lowest BCUT2D eigenvalue weighted by molar-refractivity contribution is -0.121. The number of hydrogen-bond donors (Lipinski definition) is 1. The van der Waals surface area contributed by atoms with Crippen LogP contribution in [0.15, 0.2) is 0 Å². The van der Waals surface area contributed by atoms with E-state index in [1.165, 1.54) is 11.5 Å². The highest BCUT2D eigenvalue weighted by Crippen LogP contribution is 2.31. The van der Waals surface area contributed by atoms with Crippen molar-refractivity contribution in [2.24, 2.45) is 0 Å². The van der Waals surface area contributed by atoms with Gasteiger partial charge in [-0.15, -0.1) is 0 Å². The van der Waals surface area contributed by atoms with E-state index in [0.717, 1.165) is 24.3 Å². The summed E-state index contributed by atoms with van der Waals surface area (Å²) in [6, 6.07) is -0.129. The molecule has 1 aromatic heterocycles. The number of carbonyl (C=O) groups excluding carboxylic acids is 1. The van der Waals surface area contributed by atoms with Gasteiger partial charge in [-0.3, -0.25) is 9.69 Å². The van der Waals surface area contributed by atoms with Crippen LogP contribution in [0.25, 0.3) is 0 Å². The average Bonchev–Trinajstić information content (AvgIpc) is 2.65. The Morgan fingerprint density at radius 3 is 2.78 bits per heavy atom. The standard InChI is InChI=1S/C12H20N4OS/c1-8-14-11(15-18-8)16-10(17)9(13-4)6-5-7-12(16,2)3/h9,13H,5-7H2,1-4H3. The number of nitrogens with zero attached hydrogens (tertiary/aromatic N) is 3. The van der Waals surface area contributed by atoms with E-state index >= 15 is 0 Å². The molecule has 1 unspecified atom stereocenters. The summed E-state index contributed by atoms with van der Waals surface area (Å²) in [4.78, 5) is 18.7. The molecule has 0 bridgehead atoms. The Labute approximate surface area is 112 Å². The van der Waals surface area contributed by atoms with Gasteiger partial charge < -0.3 is 5.32 Å². The maximum Gasteiger partial charge on any atom is 0.247 e. The van der Waals surface area contributed by atoms with E-state index in [4.69, 9.17) is 0 Å². The van der Waals surface area contributed by atoms with Crippen molar-refractivity contribution in [2.45, 2.75) is 51.6 Å². The summed E-state index contributed by atoms with van der Waals surface area (Å²) in [5.74, 6) is 0.632. The van der Waals surface area contributed by atoms with Crippen molar-refractivity contribution >= 4 is 23.4 Å². The summed E-state index contributed by atoms with van der Waals surface area (Å²) in [5, 5.41) is 3.98. The topological polar surface area (TPSA) is 58.1 Å². The molecule has 6 heteroatoms. The van der Waals surface area contributed by atoms with Gasteiger partial charge in [0.25, 0.3) is 0 Å². The zero-order chi connectivity index (χ0) is 13.3. The number of aryl methyl sites for hydroxylation is 1. The number of anilines is 1. The molecule has 2 heterocycles. The number of nitrogens with one attached hydrogen (secondary N) is 1. The molecule has 0 aromatic carbocycles. The molecule has 1 aliphatic heterocycles. The zero-order valence-corrected chi connectivity index (χ0v) is 12.2. The minimum absolute atomic E-state index is 0.0813. The molecule has 18 heavy (non-hydrogen) atoms. The predicted octanol–water partition coefficient (Wildman–Crippen LogP) is 1.73. The monoisotopic (exact) mass is 268 g/mol. The van der Waals surface area contributed by atoms with E-state index in [1.807, 2.05) is 14.0 Å². The van der Waals surface area contributed by atoms with Crippen LogP contribution in [-0.4, -0.2) is 33.9 Å². The van der Waals surface area contributed by atoms with Crippen molar-refractivity contribution in [3.8, 4) is 0 Å². The Kier molecular flexibility index (Phi) is 3.68. The van der Waals surface area contributed by atoms with Gasteiger partial charge in [0.05, 0.1) is 6.04 Å². The number of rotatable bonds is 2. The van der Waals surface area contributed by atoms with Crippen molar-refractivity contribution in [2.75, 3.05) is 11.9 Å². The van der Waals surface area contributed by atoms with Crippen LogP contribution >= 0.6 is 11.5 Å². The van der Waals surface area contributed by atoms with Crippen LogP contribution in [-0.2, 0) is 4.79 Å². The minimum atomic E-state index is -0.226. The molecule has 1 atom stereocenters. The normalized spacial score (nSPS) is 24.1. The molecule has 0 spiro atoms. The van der Waals surface area contributed by atoms with E-state index in [9.17, 15) is 4.79 Å². The van der Waals surface area contributed by atoms with Crippen LogP contribution in [0.4, 0.5) is 5.95 Å². The van der Waals surface area contributed by atoms with Crippen molar-refractivity contribution in [3.63, 3.8) is 0 Å². The summed E-state index contributed by atoms with van der Waals surface area (Å²) in [5.41, 5.74) is -0.226. The SMILES string of the molecule is CNC1CCCC(C)(C)N(c2nsc(C)n2)C1=O. The van der Waals surface area contributed by atoms with Gasteiger partial charge >= 0.3 is 0 Å². The third-order valence-electron chi connectivity index (χ3n) is 3.47. The van der Waals surface area contributed by atoms with Crippen LogP contribution in [0, 0.1) is 6.92 Å². The van der Waals surface area contributed by atoms with E-state index in [1.54, 1.807) is 4.90 Å². The van der Waals surface area contributed by atoms with Gasteiger partial charge in [-0.25, -0.2) is 4.98 Å². The smallest absolute Gasteiger partial charge is 0.247 e. The number of amides is 1. The lowest BCUT2D eigenvalue weighted by Gasteiger charge is -2.35. The summed E-state index contributed by atoms with van der Waals surface area (Å²) >= 11 is 1.34. The molecule has 1 aliphatic rings. The van der Waals surface area contributed by atoms with E-state index in [2.05, 4.69) is 28.5 Å². The van der Waals surface area contributed by atoms with Crippen LogP contribution < -0.4 is 10.2 Å². The second kappa shape index (κ2) is 4.93. The fourth-order valence-corrected chi connectivity index (χ4v) is 2.90. The van der Waals surface area contributed by atoms with E-state index in [-0.39, 0.29) is 17.5 Å². The summed E-state index contributed by atoms with van der Waals surface area (Å²) in [6.07, 6.45) is 2.87. The number of aromatic nitrogens is 2. The molecule has 0 saturated carbocycles. The van der Waals surface area contributed by atoms with Gasteiger partial charge in [-0.2, -0.15) is 4.37 Å². The minimum Gasteiger partial charge on any atom is -0.309 e. The Balaban J connectivity index is 2.40. The quantitative estimate of drug-likeness (QED) is 0.887. The van der Waals surface area contributed by atoms with Gasteiger partial charge in [0.2, 0.25) is 11.9 Å². The summed E-state index contributed by atoms with van der Waals surface area (Å²) in [6.45, 7) is 6.07. The van der Waals surface area contributed by atoms with Crippen LogP contribution in [0.2, 0.25) is 0 Å². The fourth-order valence-electron chi connectivity index (χ4n) is 2.44. The summed E-state index contributed by atoms with van der Waals surface area (Å²) in [7, 11) is 1.83. The molecule has 2 rings (SSSR count). The molecule has 0 radical (unpaired) electrons. The molecular formula is C12H20N4OS. The molecule has 0 aliphatic carbocycles. The number of hydrogen-bond acceptors (Lipinski definition) is 5. The van der Waals surface area contributed by atoms with E-state index < -0.39 is 0 Å². The first-order valence-electron chi connectivity index (χ1n) is 6.27. The van der Waals surface area contributed by atoms with Crippen molar-refractivity contribution in [1.29, 1.82) is 0 Å². The maximum absolute atomic E-state index is 12.6. The molecular weight excluding hydrogens is 248 g/mol. The highest BCUT2D eigenvalue weighted by Gasteiger charge is 2.40. The molecule has 1 fully saturated rings. The van der Waals surface area contributed by atoms with Crippen LogP contribution in [0.3, 0.4) is 0 Å². The predicted molar refractivity (Wildman–Crippen MR) is 72.9 cm³/mol. The Hall–Kier alpha value is -1.01. The second-order valence-corrected chi connectivity index (χ2v) is 6.29. The molecule has 1 saturated heterocycles. The average molecular weight is 268 g/mol. The molecule has 5 nitrogen and oxygen atoms in total.